The molecule has 0 aliphatic heterocycles. The largest absolute Gasteiger partial charge is 0.469 e. The molecule has 0 fully saturated rings. The molecule has 0 aromatic carbocycles. The number of aliphatic hydroxyl groups is 2. The van der Waals surface area contributed by atoms with Crippen molar-refractivity contribution in [3.8, 4) is 0 Å². The number of rotatable bonds is 6. The normalized spacial score (nSPS) is 14.1. The van der Waals surface area contributed by atoms with E-state index in [1.54, 1.807) is 6.92 Å². The lowest BCUT2D eigenvalue weighted by molar-refractivity contribution is -0.159. The van der Waals surface area contributed by atoms with Gasteiger partial charge >= 0.3 is 11.9 Å². The van der Waals surface area contributed by atoms with Crippen LogP contribution in [0.4, 0.5) is 0 Å². The third kappa shape index (κ3) is 4.75. The van der Waals surface area contributed by atoms with Gasteiger partial charge in [-0.1, -0.05) is 0 Å². The summed E-state index contributed by atoms with van der Waals surface area (Å²) >= 11 is 0. The first-order valence-corrected chi connectivity index (χ1v) is 4.59. The molecule has 0 heterocycles. The average molecular weight is 220 g/mol. The van der Waals surface area contributed by atoms with Crippen molar-refractivity contribution in [1.29, 1.82) is 0 Å². The van der Waals surface area contributed by atoms with Crippen molar-refractivity contribution in [2.45, 2.75) is 19.4 Å². The van der Waals surface area contributed by atoms with E-state index < -0.39 is 30.6 Å². The van der Waals surface area contributed by atoms with Crippen molar-refractivity contribution in [2.24, 2.45) is 5.92 Å². The van der Waals surface area contributed by atoms with Gasteiger partial charge in [-0.2, -0.15) is 0 Å². The molecule has 0 radical (unpaired) electrons. The molecule has 0 aliphatic rings. The summed E-state index contributed by atoms with van der Waals surface area (Å²) in [6, 6.07) is 0. The molecule has 6 heteroatoms. The highest BCUT2D eigenvalue weighted by Gasteiger charge is 2.30. The summed E-state index contributed by atoms with van der Waals surface area (Å²) < 4.78 is 9.02. The molecular weight excluding hydrogens is 204 g/mol. The second kappa shape index (κ2) is 7.19. The van der Waals surface area contributed by atoms with E-state index in [1.165, 1.54) is 7.11 Å². The summed E-state index contributed by atoms with van der Waals surface area (Å²) in [5.41, 5.74) is 0. The minimum Gasteiger partial charge on any atom is -0.469 e. The van der Waals surface area contributed by atoms with E-state index in [0.29, 0.717) is 0 Å². The van der Waals surface area contributed by atoms with Gasteiger partial charge in [0.25, 0.3) is 0 Å². The van der Waals surface area contributed by atoms with E-state index in [4.69, 9.17) is 5.11 Å². The Morgan fingerprint density at radius 2 is 2.00 bits per heavy atom. The molecule has 0 bridgehead atoms. The highest BCUT2D eigenvalue weighted by molar-refractivity contribution is 5.80. The molecule has 2 atom stereocenters. The Morgan fingerprint density at radius 3 is 2.40 bits per heavy atom. The zero-order chi connectivity index (χ0) is 11.8. The van der Waals surface area contributed by atoms with Crippen molar-refractivity contribution in [1.82, 2.24) is 0 Å². The fraction of sp³-hybridized carbons (Fsp3) is 0.778. The fourth-order valence-electron chi connectivity index (χ4n) is 1.02. The first-order valence-electron chi connectivity index (χ1n) is 4.59. The van der Waals surface area contributed by atoms with Gasteiger partial charge in [0.05, 0.1) is 38.8 Å². The SMILES string of the molecule is CCOC(=O)C(CC(=O)OC)C(O)CO. The van der Waals surface area contributed by atoms with Gasteiger partial charge in [0, 0.05) is 0 Å². The van der Waals surface area contributed by atoms with Crippen LogP contribution in [0.5, 0.6) is 0 Å². The smallest absolute Gasteiger partial charge is 0.312 e. The number of carbonyl (C=O) groups excluding carboxylic acids is 2. The van der Waals surface area contributed by atoms with Crippen LogP contribution in [0.3, 0.4) is 0 Å². The van der Waals surface area contributed by atoms with E-state index in [2.05, 4.69) is 9.47 Å². The van der Waals surface area contributed by atoms with E-state index >= 15 is 0 Å². The van der Waals surface area contributed by atoms with Crippen molar-refractivity contribution in [2.75, 3.05) is 20.3 Å². The highest BCUT2D eigenvalue weighted by atomic mass is 16.5. The lowest BCUT2D eigenvalue weighted by Crippen LogP contribution is -2.34. The zero-order valence-corrected chi connectivity index (χ0v) is 8.80. The molecule has 6 nitrogen and oxygen atoms in total. The molecule has 0 aromatic rings. The zero-order valence-electron chi connectivity index (χ0n) is 8.80. The number of hydrogen-bond donors (Lipinski definition) is 2. The van der Waals surface area contributed by atoms with Gasteiger partial charge in [0.2, 0.25) is 0 Å². The van der Waals surface area contributed by atoms with Crippen LogP contribution in [0.15, 0.2) is 0 Å². The Hall–Kier alpha value is -1.14. The molecule has 0 aliphatic carbocycles. The van der Waals surface area contributed by atoms with Crippen LogP contribution in [0.25, 0.3) is 0 Å². The Bertz CT molecular complexity index is 215. The maximum absolute atomic E-state index is 11.3. The van der Waals surface area contributed by atoms with Crippen LogP contribution in [-0.2, 0) is 19.1 Å². The summed E-state index contributed by atoms with van der Waals surface area (Å²) in [6.45, 7) is 1.15. The maximum Gasteiger partial charge on any atom is 0.312 e. The number of carbonyl (C=O) groups is 2. The summed E-state index contributed by atoms with van der Waals surface area (Å²) in [6.07, 6.45) is -1.62. The summed E-state index contributed by atoms with van der Waals surface area (Å²) in [5, 5.41) is 18.0. The molecule has 0 aromatic heterocycles. The molecule has 0 saturated heterocycles. The Kier molecular flexibility index (Phi) is 6.64. The predicted molar refractivity (Wildman–Crippen MR) is 49.8 cm³/mol. The van der Waals surface area contributed by atoms with Crippen molar-refractivity contribution >= 4 is 11.9 Å². The molecule has 2 N–H and O–H groups in total. The predicted octanol–water partition coefficient (Wildman–Crippen LogP) is -0.918. The second-order valence-electron chi connectivity index (χ2n) is 2.89. The third-order valence-electron chi connectivity index (χ3n) is 1.86. The summed E-state index contributed by atoms with van der Waals surface area (Å²) in [5.74, 6) is -2.44. The molecule has 2 unspecified atom stereocenters. The monoisotopic (exact) mass is 220 g/mol. The average Bonchev–Trinajstić information content (AvgIpc) is 2.24. The van der Waals surface area contributed by atoms with Crippen LogP contribution in [0, 0.1) is 5.92 Å². The number of esters is 2. The molecule has 15 heavy (non-hydrogen) atoms. The molecule has 0 saturated carbocycles. The van der Waals surface area contributed by atoms with Gasteiger partial charge in [0.1, 0.15) is 0 Å². The minimum absolute atomic E-state index is 0.147. The lowest BCUT2D eigenvalue weighted by Gasteiger charge is -2.18. The van der Waals surface area contributed by atoms with Gasteiger partial charge in [-0.25, -0.2) is 0 Å². The number of hydrogen-bond acceptors (Lipinski definition) is 6. The Morgan fingerprint density at radius 1 is 1.40 bits per heavy atom. The first-order chi connectivity index (χ1) is 7.06. The quantitative estimate of drug-likeness (QED) is 0.562. The molecule has 88 valence electrons. The molecule has 0 rings (SSSR count). The number of aliphatic hydroxyl groups excluding tert-OH is 2. The van der Waals surface area contributed by atoms with Gasteiger partial charge in [-0.3, -0.25) is 9.59 Å². The number of methoxy groups -OCH3 is 1. The Balaban J connectivity index is 4.43. The highest BCUT2D eigenvalue weighted by Crippen LogP contribution is 2.12. The van der Waals surface area contributed by atoms with Gasteiger partial charge in [-0.15, -0.1) is 0 Å². The van der Waals surface area contributed by atoms with Crippen LogP contribution in [0.2, 0.25) is 0 Å². The van der Waals surface area contributed by atoms with Crippen LogP contribution in [-0.4, -0.2) is 48.6 Å². The van der Waals surface area contributed by atoms with Crippen molar-refractivity contribution in [3.63, 3.8) is 0 Å². The van der Waals surface area contributed by atoms with E-state index in [0.717, 1.165) is 0 Å². The molecule has 0 spiro atoms. The van der Waals surface area contributed by atoms with Crippen LogP contribution < -0.4 is 0 Å². The van der Waals surface area contributed by atoms with Gasteiger partial charge in [-0.05, 0) is 6.92 Å². The second-order valence-corrected chi connectivity index (χ2v) is 2.89. The van der Waals surface area contributed by atoms with Crippen LogP contribution in [0.1, 0.15) is 13.3 Å². The molecule has 0 amide bonds. The van der Waals surface area contributed by atoms with Gasteiger partial charge < -0.3 is 19.7 Å². The summed E-state index contributed by atoms with van der Waals surface area (Å²) in [7, 11) is 1.18. The topological polar surface area (TPSA) is 93.1 Å². The van der Waals surface area contributed by atoms with Gasteiger partial charge in [0.15, 0.2) is 0 Å². The molecular formula is C9H16O6. The fourth-order valence-corrected chi connectivity index (χ4v) is 1.02. The van der Waals surface area contributed by atoms with E-state index in [-0.39, 0.29) is 13.0 Å². The number of ether oxygens (including phenoxy) is 2. The lowest BCUT2D eigenvalue weighted by atomic mass is 9.99. The third-order valence-corrected chi connectivity index (χ3v) is 1.86. The maximum atomic E-state index is 11.3. The summed E-state index contributed by atoms with van der Waals surface area (Å²) in [4.78, 5) is 22.2. The van der Waals surface area contributed by atoms with E-state index in [1.807, 2.05) is 0 Å². The standard InChI is InChI=1S/C9H16O6/c1-3-15-9(13)6(7(11)5-10)4-8(12)14-2/h6-7,10-11H,3-5H2,1-2H3. The van der Waals surface area contributed by atoms with Crippen LogP contribution >= 0.6 is 0 Å². The van der Waals surface area contributed by atoms with Crippen molar-refractivity contribution < 1.29 is 29.3 Å². The minimum atomic E-state index is -1.32. The van der Waals surface area contributed by atoms with E-state index in [9.17, 15) is 14.7 Å². The Labute approximate surface area is 87.8 Å². The van der Waals surface area contributed by atoms with Crippen molar-refractivity contribution in [3.05, 3.63) is 0 Å². The first kappa shape index (κ1) is 13.9.